The van der Waals surface area contributed by atoms with Gasteiger partial charge in [-0.15, -0.1) is 0 Å². The Morgan fingerprint density at radius 1 is 0.913 bits per heavy atom. The zero-order valence-electron chi connectivity index (χ0n) is 12.8. The summed E-state index contributed by atoms with van der Waals surface area (Å²) in [6.45, 7) is 3.56. The van der Waals surface area contributed by atoms with E-state index in [0.717, 1.165) is 23.6 Å². The van der Waals surface area contributed by atoms with Crippen molar-refractivity contribution < 1.29 is 4.42 Å². The number of halogens is 2. The number of rotatable bonds is 5. The Morgan fingerprint density at radius 2 is 1.70 bits per heavy atom. The van der Waals surface area contributed by atoms with E-state index in [9.17, 15) is 0 Å². The highest BCUT2D eigenvalue weighted by Gasteiger charge is 2.09. The second kappa shape index (κ2) is 7.22. The van der Waals surface area contributed by atoms with E-state index in [2.05, 4.69) is 36.5 Å². The number of hydrogen-bond donors (Lipinski definition) is 1. The summed E-state index contributed by atoms with van der Waals surface area (Å²) in [5.74, 6) is 1.62. The van der Waals surface area contributed by atoms with Crippen LogP contribution in [0.1, 0.15) is 16.9 Å². The highest BCUT2D eigenvalue weighted by atomic mass is 35.5. The molecule has 0 aliphatic carbocycles. The van der Waals surface area contributed by atoms with E-state index < -0.39 is 0 Å². The van der Waals surface area contributed by atoms with Crippen LogP contribution >= 0.6 is 23.2 Å². The van der Waals surface area contributed by atoms with Gasteiger partial charge in [0.1, 0.15) is 11.5 Å². The second-order valence-electron chi connectivity index (χ2n) is 5.48. The normalized spacial score (nSPS) is 10.9. The van der Waals surface area contributed by atoms with Gasteiger partial charge in [0.2, 0.25) is 0 Å². The lowest BCUT2D eigenvalue weighted by atomic mass is 10.1. The van der Waals surface area contributed by atoms with Crippen LogP contribution in [0.3, 0.4) is 0 Å². The van der Waals surface area contributed by atoms with Crippen LogP contribution in [0.5, 0.6) is 0 Å². The summed E-state index contributed by atoms with van der Waals surface area (Å²) < 4.78 is 5.86. The van der Waals surface area contributed by atoms with Crippen molar-refractivity contribution in [3.63, 3.8) is 0 Å². The molecule has 0 radical (unpaired) electrons. The van der Waals surface area contributed by atoms with Gasteiger partial charge in [-0.05, 0) is 42.8 Å². The van der Waals surface area contributed by atoms with Crippen LogP contribution in [0.4, 0.5) is 0 Å². The first-order valence-corrected chi connectivity index (χ1v) is 8.18. The molecule has 0 unspecified atom stereocenters. The molecule has 4 heteroatoms. The molecule has 1 N–H and O–H groups in total. The van der Waals surface area contributed by atoms with Gasteiger partial charge in [-0.3, -0.25) is 0 Å². The fourth-order valence-electron chi connectivity index (χ4n) is 2.34. The third-order valence-electron chi connectivity index (χ3n) is 3.61. The monoisotopic (exact) mass is 345 g/mol. The molecule has 3 rings (SSSR count). The highest BCUT2D eigenvalue weighted by molar-refractivity contribution is 6.36. The van der Waals surface area contributed by atoms with Crippen LogP contribution in [0.2, 0.25) is 10.0 Å². The SMILES string of the molecule is Cc1ccc(CNCc2ccc(-c3ccc(Cl)cc3Cl)o2)cc1. The van der Waals surface area contributed by atoms with Crippen molar-refractivity contribution in [1.82, 2.24) is 5.32 Å². The Balaban J connectivity index is 1.62. The summed E-state index contributed by atoms with van der Waals surface area (Å²) in [6.07, 6.45) is 0. The first-order valence-electron chi connectivity index (χ1n) is 7.42. The Labute approximate surface area is 146 Å². The number of nitrogens with one attached hydrogen (secondary N) is 1. The van der Waals surface area contributed by atoms with Gasteiger partial charge in [0.15, 0.2) is 0 Å². The lowest BCUT2D eigenvalue weighted by Gasteiger charge is -2.04. The maximum Gasteiger partial charge on any atom is 0.135 e. The van der Waals surface area contributed by atoms with E-state index in [-0.39, 0.29) is 0 Å². The molecule has 23 heavy (non-hydrogen) atoms. The van der Waals surface area contributed by atoms with Crippen molar-refractivity contribution in [1.29, 1.82) is 0 Å². The lowest BCUT2D eigenvalue weighted by Crippen LogP contribution is -2.11. The second-order valence-corrected chi connectivity index (χ2v) is 6.32. The van der Waals surface area contributed by atoms with Gasteiger partial charge in [-0.1, -0.05) is 53.0 Å². The number of aryl methyl sites for hydroxylation is 1. The molecular weight excluding hydrogens is 329 g/mol. The van der Waals surface area contributed by atoms with Crippen molar-refractivity contribution >= 4 is 23.2 Å². The summed E-state index contributed by atoms with van der Waals surface area (Å²) in [6, 6.07) is 17.8. The summed E-state index contributed by atoms with van der Waals surface area (Å²) in [7, 11) is 0. The molecule has 0 spiro atoms. The third kappa shape index (κ3) is 4.17. The molecule has 1 heterocycles. The molecule has 0 amide bonds. The smallest absolute Gasteiger partial charge is 0.135 e. The maximum absolute atomic E-state index is 6.21. The minimum absolute atomic E-state index is 0.589. The average Bonchev–Trinajstić information content (AvgIpc) is 2.98. The lowest BCUT2D eigenvalue weighted by molar-refractivity contribution is 0.493. The van der Waals surface area contributed by atoms with Crippen molar-refractivity contribution in [2.75, 3.05) is 0 Å². The molecule has 0 saturated carbocycles. The molecular formula is C19H17Cl2NO. The van der Waals surface area contributed by atoms with Gasteiger partial charge in [0.05, 0.1) is 11.6 Å². The predicted octanol–water partition coefficient (Wildman–Crippen LogP) is 5.85. The number of hydrogen-bond acceptors (Lipinski definition) is 2. The zero-order valence-corrected chi connectivity index (χ0v) is 14.3. The maximum atomic E-state index is 6.21. The van der Waals surface area contributed by atoms with E-state index in [0.29, 0.717) is 16.6 Å². The summed E-state index contributed by atoms with van der Waals surface area (Å²) in [4.78, 5) is 0. The first kappa shape index (κ1) is 16.1. The largest absolute Gasteiger partial charge is 0.460 e. The fourth-order valence-corrected chi connectivity index (χ4v) is 2.84. The molecule has 3 aromatic rings. The Hall–Kier alpha value is -1.74. The topological polar surface area (TPSA) is 25.2 Å². The molecule has 0 aliphatic heterocycles. The van der Waals surface area contributed by atoms with E-state index in [1.54, 1.807) is 12.1 Å². The molecule has 1 aromatic heterocycles. The summed E-state index contributed by atoms with van der Waals surface area (Å²) in [5.41, 5.74) is 3.37. The van der Waals surface area contributed by atoms with Crippen molar-refractivity contribution in [2.24, 2.45) is 0 Å². The summed E-state index contributed by atoms with van der Waals surface area (Å²) in [5, 5.41) is 4.58. The number of benzene rings is 2. The molecule has 2 aromatic carbocycles. The quantitative estimate of drug-likeness (QED) is 0.627. The van der Waals surface area contributed by atoms with Gasteiger partial charge < -0.3 is 9.73 Å². The zero-order chi connectivity index (χ0) is 16.2. The fraction of sp³-hybridized carbons (Fsp3) is 0.158. The summed E-state index contributed by atoms with van der Waals surface area (Å²) >= 11 is 12.1. The minimum atomic E-state index is 0.589. The third-order valence-corrected chi connectivity index (χ3v) is 4.16. The molecule has 2 nitrogen and oxygen atoms in total. The van der Waals surface area contributed by atoms with Gasteiger partial charge >= 0.3 is 0 Å². The molecule has 0 bridgehead atoms. The van der Waals surface area contributed by atoms with Crippen LogP contribution in [0.25, 0.3) is 11.3 Å². The molecule has 0 atom stereocenters. The van der Waals surface area contributed by atoms with Crippen LogP contribution < -0.4 is 5.32 Å². The number of furan rings is 1. The van der Waals surface area contributed by atoms with Gasteiger partial charge in [-0.2, -0.15) is 0 Å². The van der Waals surface area contributed by atoms with E-state index in [4.69, 9.17) is 27.6 Å². The van der Waals surface area contributed by atoms with Gasteiger partial charge in [-0.25, -0.2) is 0 Å². The Bertz CT molecular complexity index is 793. The van der Waals surface area contributed by atoms with Crippen LogP contribution in [0, 0.1) is 6.92 Å². The first-order chi connectivity index (χ1) is 11.1. The van der Waals surface area contributed by atoms with Gasteiger partial charge in [0, 0.05) is 17.1 Å². The standard InChI is InChI=1S/C19H17Cl2NO/c1-13-2-4-14(5-3-13)11-22-12-16-7-9-19(23-16)17-8-6-15(20)10-18(17)21/h2-10,22H,11-12H2,1H3. The predicted molar refractivity (Wildman–Crippen MR) is 95.9 cm³/mol. The molecule has 0 aliphatic rings. The average molecular weight is 346 g/mol. The van der Waals surface area contributed by atoms with E-state index in [1.165, 1.54) is 11.1 Å². The van der Waals surface area contributed by atoms with Crippen molar-refractivity contribution in [2.45, 2.75) is 20.0 Å². The van der Waals surface area contributed by atoms with E-state index in [1.807, 2.05) is 18.2 Å². The minimum Gasteiger partial charge on any atom is -0.460 e. The van der Waals surface area contributed by atoms with E-state index >= 15 is 0 Å². The van der Waals surface area contributed by atoms with Crippen molar-refractivity contribution in [3.05, 3.63) is 81.5 Å². The van der Waals surface area contributed by atoms with Crippen LogP contribution in [0.15, 0.2) is 59.0 Å². The molecule has 0 saturated heterocycles. The Kier molecular flexibility index (Phi) is 5.06. The van der Waals surface area contributed by atoms with Crippen LogP contribution in [-0.2, 0) is 13.1 Å². The highest BCUT2D eigenvalue weighted by Crippen LogP contribution is 2.31. The Morgan fingerprint density at radius 3 is 2.43 bits per heavy atom. The molecule has 118 valence electrons. The molecule has 0 fully saturated rings. The van der Waals surface area contributed by atoms with Crippen molar-refractivity contribution in [3.8, 4) is 11.3 Å². The van der Waals surface area contributed by atoms with Gasteiger partial charge in [0.25, 0.3) is 0 Å². The van der Waals surface area contributed by atoms with Crippen LogP contribution in [-0.4, -0.2) is 0 Å².